The van der Waals surface area contributed by atoms with E-state index in [9.17, 15) is 27.6 Å². The lowest BCUT2D eigenvalue weighted by Crippen LogP contribution is -2.43. The molecule has 41 heavy (non-hydrogen) atoms. The molecule has 4 rings (SSSR count). The SMILES string of the molecule is CC(C)(C)OC(=O)N1CCC[C@H]1C(=O)C[C@@H](Cc1cc(F)cc(F)c1)c1ncccc1-c1ccc(F)c(C(N)=O)c1. The van der Waals surface area contributed by atoms with E-state index in [0.717, 1.165) is 12.1 Å². The van der Waals surface area contributed by atoms with Crippen LogP contribution < -0.4 is 5.73 Å². The van der Waals surface area contributed by atoms with Crippen LogP contribution >= 0.6 is 0 Å². The third kappa shape index (κ3) is 7.31. The molecule has 0 unspecified atom stereocenters. The van der Waals surface area contributed by atoms with Crippen LogP contribution in [-0.2, 0) is 16.0 Å². The van der Waals surface area contributed by atoms with Crippen molar-refractivity contribution in [2.24, 2.45) is 5.73 Å². The van der Waals surface area contributed by atoms with Crippen molar-refractivity contribution in [3.8, 4) is 11.1 Å². The molecule has 2 N–H and O–H groups in total. The molecule has 0 aliphatic carbocycles. The van der Waals surface area contributed by atoms with Gasteiger partial charge in [0.2, 0.25) is 0 Å². The number of halogens is 3. The van der Waals surface area contributed by atoms with E-state index in [2.05, 4.69) is 4.98 Å². The summed E-state index contributed by atoms with van der Waals surface area (Å²) < 4.78 is 47.9. The average molecular weight is 568 g/mol. The van der Waals surface area contributed by atoms with Crippen LogP contribution in [0.1, 0.15) is 67.6 Å². The molecule has 1 aromatic heterocycles. The summed E-state index contributed by atoms with van der Waals surface area (Å²) in [5, 5.41) is 0. The van der Waals surface area contributed by atoms with Gasteiger partial charge in [0.1, 0.15) is 23.1 Å². The number of rotatable bonds is 8. The normalized spacial score (nSPS) is 16.0. The molecular formula is C31H32F3N3O4. The first-order valence-corrected chi connectivity index (χ1v) is 13.3. The van der Waals surface area contributed by atoms with Crippen molar-refractivity contribution >= 4 is 17.8 Å². The molecule has 1 aliphatic rings. The van der Waals surface area contributed by atoms with E-state index in [1.54, 1.807) is 32.9 Å². The first kappa shape index (κ1) is 29.8. The summed E-state index contributed by atoms with van der Waals surface area (Å²) in [6, 6.07) is 9.65. The maximum Gasteiger partial charge on any atom is 0.410 e. The minimum absolute atomic E-state index is 0.0491. The summed E-state index contributed by atoms with van der Waals surface area (Å²) >= 11 is 0. The molecule has 2 heterocycles. The zero-order chi connectivity index (χ0) is 29.9. The molecule has 0 radical (unpaired) electrons. The third-order valence-corrected chi connectivity index (χ3v) is 6.87. The predicted molar refractivity (Wildman–Crippen MR) is 147 cm³/mol. The highest BCUT2D eigenvalue weighted by molar-refractivity contribution is 5.94. The van der Waals surface area contributed by atoms with Crippen LogP contribution in [0.25, 0.3) is 11.1 Å². The number of Topliss-reactive ketones (excluding diaryl/α,β-unsaturated/α-hetero) is 1. The van der Waals surface area contributed by atoms with Gasteiger partial charge in [-0.3, -0.25) is 19.5 Å². The van der Waals surface area contributed by atoms with E-state index in [1.807, 2.05) is 0 Å². The molecule has 1 saturated heterocycles. The minimum Gasteiger partial charge on any atom is -0.444 e. The van der Waals surface area contributed by atoms with Gasteiger partial charge in [0.25, 0.3) is 5.91 Å². The van der Waals surface area contributed by atoms with E-state index in [0.29, 0.717) is 41.8 Å². The van der Waals surface area contributed by atoms with Crippen molar-refractivity contribution in [1.82, 2.24) is 9.88 Å². The van der Waals surface area contributed by atoms with Gasteiger partial charge >= 0.3 is 6.09 Å². The molecule has 0 saturated carbocycles. The topological polar surface area (TPSA) is 103 Å². The standard InChI is InChI=1S/C31H32F3N3O4/c1-31(2,3)41-30(40)37-11-5-7-26(37)27(38)16-20(12-18-13-21(32)17-22(33)14-18)28-23(6-4-10-36-28)19-8-9-25(34)24(15-19)29(35)39/h4,6,8-10,13-15,17,20,26H,5,7,11-12,16H2,1-3H3,(H2,35,39)/t20-,26+/m1/s1. The minimum atomic E-state index is -0.944. The highest BCUT2D eigenvalue weighted by Crippen LogP contribution is 2.35. The second-order valence-electron chi connectivity index (χ2n) is 11.2. The molecule has 2 aromatic carbocycles. The number of nitrogens with zero attached hydrogens (tertiary/aromatic N) is 2. The highest BCUT2D eigenvalue weighted by Gasteiger charge is 2.37. The maximum absolute atomic E-state index is 14.2. The number of hydrogen-bond acceptors (Lipinski definition) is 5. The average Bonchev–Trinajstić information content (AvgIpc) is 3.37. The molecule has 7 nitrogen and oxygen atoms in total. The lowest BCUT2D eigenvalue weighted by atomic mass is 9.85. The monoisotopic (exact) mass is 567 g/mol. The van der Waals surface area contributed by atoms with Crippen LogP contribution in [0.5, 0.6) is 0 Å². The number of likely N-dealkylation sites (tertiary alicyclic amines) is 1. The van der Waals surface area contributed by atoms with Crippen LogP contribution in [0, 0.1) is 17.5 Å². The van der Waals surface area contributed by atoms with Crippen molar-refractivity contribution < 1.29 is 32.3 Å². The molecule has 1 aliphatic heterocycles. The number of carbonyl (C=O) groups excluding carboxylic acids is 3. The van der Waals surface area contributed by atoms with Gasteiger partial charge in [-0.2, -0.15) is 0 Å². The number of ketones is 1. The zero-order valence-electron chi connectivity index (χ0n) is 23.1. The second-order valence-corrected chi connectivity index (χ2v) is 11.2. The Bertz CT molecular complexity index is 1450. The number of primary amides is 1. The molecule has 216 valence electrons. The van der Waals surface area contributed by atoms with E-state index >= 15 is 0 Å². The number of hydrogen-bond donors (Lipinski definition) is 1. The Balaban J connectivity index is 1.72. The number of aromatic nitrogens is 1. The first-order valence-electron chi connectivity index (χ1n) is 13.3. The van der Waals surface area contributed by atoms with Crippen molar-refractivity contribution in [1.29, 1.82) is 0 Å². The van der Waals surface area contributed by atoms with Gasteiger partial charge < -0.3 is 10.5 Å². The van der Waals surface area contributed by atoms with Crippen LogP contribution in [0.2, 0.25) is 0 Å². The Morgan fingerprint density at radius 1 is 1.07 bits per heavy atom. The third-order valence-electron chi connectivity index (χ3n) is 6.87. The number of nitrogens with two attached hydrogens (primary N) is 1. The summed E-state index contributed by atoms with van der Waals surface area (Å²) in [6.07, 6.45) is 1.96. The number of amides is 2. The Hall–Kier alpha value is -4.21. The fourth-order valence-electron chi connectivity index (χ4n) is 5.17. The Labute approximate surface area is 236 Å². The summed E-state index contributed by atoms with van der Waals surface area (Å²) in [7, 11) is 0. The fourth-order valence-corrected chi connectivity index (χ4v) is 5.17. The van der Waals surface area contributed by atoms with Crippen LogP contribution in [0.15, 0.2) is 54.7 Å². The first-order chi connectivity index (χ1) is 19.3. The molecule has 2 amide bonds. The lowest BCUT2D eigenvalue weighted by Gasteiger charge is -2.29. The number of ether oxygens (including phenoxy) is 1. The van der Waals surface area contributed by atoms with Gasteiger partial charge in [0.15, 0.2) is 5.78 Å². The van der Waals surface area contributed by atoms with Crippen LogP contribution in [-0.4, -0.2) is 45.9 Å². The van der Waals surface area contributed by atoms with E-state index < -0.39 is 47.0 Å². The second kappa shape index (κ2) is 12.1. The van der Waals surface area contributed by atoms with E-state index in [-0.39, 0.29) is 24.2 Å². The largest absolute Gasteiger partial charge is 0.444 e. The molecule has 1 fully saturated rings. The zero-order valence-corrected chi connectivity index (χ0v) is 23.1. The van der Waals surface area contributed by atoms with E-state index in [4.69, 9.17) is 10.5 Å². The van der Waals surface area contributed by atoms with Crippen LogP contribution in [0.4, 0.5) is 18.0 Å². The quantitative estimate of drug-likeness (QED) is 0.362. The predicted octanol–water partition coefficient (Wildman–Crippen LogP) is 5.95. The summed E-state index contributed by atoms with van der Waals surface area (Å²) in [6.45, 7) is 5.60. The highest BCUT2D eigenvalue weighted by atomic mass is 19.1. The van der Waals surface area contributed by atoms with E-state index in [1.165, 1.54) is 35.4 Å². The van der Waals surface area contributed by atoms with Crippen molar-refractivity contribution in [3.63, 3.8) is 0 Å². The lowest BCUT2D eigenvalue weighted by molar-refractivity contribution is -0.123. The molecule has 3 aromatic rings. The van der Waals surface area contributed by atoms with Gasteiger partial charge in [-0.05, 0) is 81.5 Å². The molecule has 10 heteroatoms. The fraction of sp³-hybridized carbons (Fsp3) is 0.355. The van der Waals surface area contributed by atoms with Gasteiger partial charge in [0, 0.05) is 36.7 Å². The van der Waals surface area contributed by atoms with Crippen molar-refractivity contribution in [2.75, 3.05) is 6.54 Å². The van der Waals surface area contributed by atoms with Crippen molar-refractivity contribution in [2.45, 2.75) is 64.0 Å². The summed E-state index contributed by atoms with van der Waals surface area (Å²) in [4.78, 5) is 44.3. The Kier molecular flexibility index (Phi) is 8.80. The molecule has 0 bridgehead atoms. The number of pyridine rings is 1. The number of carbonyl (C=O) groups is 3. The van der Waals surface area contributed by atoms with Gasteiger partial charge in [-0.1, -0.05) is 12.1 Å². The van der Waals surface area contributed by atoms with Gasteiger partial charge in [0.05, 0.1) is 17.3 Å². The molecule has 2 atom stereocenters. The summed E-state index contributed by atoms with van der Waals surface area (Å²) in [5.41, 5.74) is 5.96. The maximum atomic E-state index is 14.2. The van der Waals surface area contributed by atoms with Gasteiger partial charge in [-0.15, -0.1) is 0 Å². The smallest absolute Gasteiger partial charge is 0.410 e. The van der Waals surface area contributed by atoms with Crippen molar-refractivity contribution in [3.05, 3.63) is 89.0 Å². The Morgan fingerprint density at radius 3 is 2.44 bits per heavy atom. The Morgan fingerprint density at radius 2 is 1.78 bits per heavy atom. The molecular weight excluding hydrogens is 535 g/mol. The van der Waals surface area contributed by atoms with Gasteiger partial charge in [-0.25, -0.2) is 18.0 Å². The summed E-state index contributed by atoms with van der Waals surface area (Å²) in [5.74, 6) is -4.17. The molecule has 0 spiro atoms. The van der Waals surface area contributed by atoms with Crippen LogP contribution in [0.3, 0.4) is 0 Å². The number of benzene rings is 2.